The molecule has 5 heteroatoms. The molecule has 108 valence electrons. The van der Waals surface area contributed by atoms with Crippen molar-refractivity contribution in [3.63, 3.8) is 0 Å². The predicted octanol–water partition coefficient (Wildman–Crippen LogP) is 2.43. The van der Waals surface area contributed by atoms with Gasteiger partial charge in [0, 0.05) is 31.5 Å². The smallest absolute Gasteiger partial charge is 0.317 e. The molecule has 1 N–H and O–H groups in total. The van der Waals surface area contributed by atoms with Gasteiger partial charge < -0.3 is 9.84 Å². The number of hydrogen-bond donors (Lipinski definition) is 1. The Labute approximate surface area is 124 Å². The van der Waals surface area contributed by atoms with Crippen LogP contribution in [-0.4, -0.2) is 41.2 Å². The highest BCUT2D eigenvalue weighted by Crippen LogP contribution is 2.36. The number of fused-ring (bicyclic) bond motifs is 1. The second kappa shape index (κ2) is 5.85. The number of aliphatic carboxylic acids is 1. The SMILES string of the molecule is Cl.O=C(O)CN1CCC2(C=Cc3ccccc3O2)CC1. The first kappa shape index (κ1) is 14.9. The Bertz CT molecular complexity index is 522. The summed E-state index contributed by atoms with van der Waals surface area (Å²) in [4.78, 5) is 12.7. The quantitative estimate of drug-likeness (QED) is 0.910. The molecule has 1 aromatic rings. The van der Waals surface area contributed by atoms with E-state index < -0.39 is 5.97 Å². The van der Waals surface area contributed by atoms with E-state index in [4.69, 9.17) is 9.84 Å². The summed E-state index contributed by atoms with van der Waals surface area (Å²) in [7, 11) is 0. The molecule has 20 heavy (non-hydrogen) atoms. The highest BCUT2D eigenvalue weighted by Gasteiger charge is 2.36. The largest absolute Gasteiger partial charge is 0.482 e. The third kappa shape index (κ3) is 2.97. The van der Waals surface area contributed by atoms with Crippen molar-refractivity contribution in [1.29, 1.82) is 0 Å². The van der Waals surface area contributed by atoms with Gasteiger partial charge in [0.2, 0.25) is 0 Å². The van der Waals surface area contributed by atoms with Crippen LogP contribution in [0.15, 0.2) is 30.3 Å². The van der Waals surface area contributed by atoms with Crippen molar-refractivity contribution in [2.24, 2.45) is 0 Å². The topological polar surface area (TPSA) is 49.8 Å². The number of piperidine rings is 1. The lowest BCUT2D eigenvalue weighted by Gasteiger charge is -2.41. The third-order valence-corrected chi connectivity index (χ3v) is 3.86. The Morgan fingerprint density at radius 1 is 1.30 bits per heavy atom. The Hall–Kier alpha value is -1.52. The standard InChI is InChI=1S/C15H17NO3.ClH/c17-14(18)11-16-9-7-15(8-10-16)6-5-12-3-1-2-4-13(12)19-15;/h1-6H,7-11H2,(H,17,18);1H. The summed E-state index contributed by atoms with van der Waals surface area (Å²) in [5.74, 6) is 0.165. The average molecular weight is 296 g/mol. The van der Waals surface area contributed by atoms with Gasteiger partial charge in [0.1, 0.15) is 11.4 Å². The fourth-order valence-corrected chi connectivity index (χ4v) is 2.76. The Morgan fingerprint density at radius 2 is 2.00 bits per heavy atom. The van der Waals surface area contributed by atoms with Crippen molar-refractivity contribution in [1.82, 2.24) is 4.90 Å². The lowest BCUT2D eigenvalue weighted by Crippen LogP contribution is -2.48. The van der Waals surface area contributed by atoms with Gasteiger partial charge in [0.25, 0.3) is 0 Å². The number of nitrogens with zero attached hydrogens (tertiary/aromatic N) is 1. The van der Waals surface area contributed by atoms with Gasteiger partial charge in [-0.1, -0.05) is 24.3 Å². The molecule has 1 fully saturated rings. The summed E-state index contributed by atoms with van der Waals surface area (Å²) in [5, 5.41) is 8.81. The third-order valence-electron chi connectivity index (χ3n) is 3.86. The van der Waals surface area contributed by atoms with E-state index in [1.54, 1.807) is 0 Å². The van der Waals surface area contributed by atoms with Gasteiger partial charge >= 0.3 is 5.97 Å². The molecular weight excluding hydrogens is 278 g/mol. The van der Waals surface area contributed by atoms with Crippen LogP contribution in [0.1, 0.15) is 18.4 Å². The van der Waals surface area contributed by atoms with Gasteiger partial charge in [-0.25, -0.2) is 0 Å². The van der Waals surface area contributed by atoms with Crippen LogP contribution >= 0.6 is 12.4 Å². The maximum Gasteiger partial charge on any atom is 0.317 e. The van der Waals surface area contributed by atoms with Crippen LogP contribution in [0.2, 0.25) is 0 Å². The first-order valence-corrected chi connectivity index (χ1v) is 6.58. The Balaban J connectivity index is 0.00000147. The summed E-state index contributed by atoms with van der Waals surface area (Å²) in [6.07, 6.45) is 5.93. The summed E-state index contributed by atoms with van der Waals surface area (Å²) in [6.45, 7) is 1.65. The number of carboxylic acids is 1. The molecule has 1 saturated heterocycles. The van der Waals surface area contributed by atoms with Crippen molar-refractivity contribution in [2.75, 3.05) is 19.6 Å². The number of rotatable bonds is 2. The number of benzene rings is 1. The lowest BCUT2D eigenvalue weighted by atomic mass is 9.88. The number of carboxylic acid groups (broad SMARTS) is 1. The number of para-hydroxylation sites is 1. The van der Waals surface area contributed by atoms with E-state index in [9.17, 15) is 4.79 Å². The molecule has 0 atom stereocenters. The van der Waals surface area contributed by atoms with Gasteiger partial charge in [-0.15, -0.1) is 12.4 Å². The monoisotopic (exact) mass is 295 g/mol. The van der Waals surface area contributed by atoms with Crippen LogP contribution in [0.4, 0.5) is 0 Å². The average Bonchev–Trinajstić information content (AvgIpc) is 2.41. The molecular formula is C15H18ClNO3. The van der Waals surface area contributed by atoms with Crippen LogP contribution in [0.25, 0.3) is 6.08 Å². The Morgan fingerprint density at radius 3 is 2.70 bits per heavy atom. The molecule has 4 nitrogen and oxygen atoms in total. The fraction of sp³-hybridized carbons (Fsp3) is 0.400. The maximum absolute atomic E-state index is 10.7. The Kier molecular flexibility index (Phi) is 4.35. The van der Waals surface area contributed by atoms with E-state index in [0.717, 1.165) is 37.2 Å². The fourth-order valence-electron chi connectivity index (χ4n) is 2.76. The second-order valence-corrected chi connectivity index (χ2v) is 5.21. The van der Waals surface area contributed by atoms with E-state index in [1.165, 1.54) is 0 Å². The number of hydrogen-bond acceptors (Lipinski definition) is 3. The van der Waals surface area contributed by atoms with Gasteiger partial charge in [-0.05, 0) is 12.1 Å². The molecule has 0 aromatic heterocycles. The van der Waals surface area contributed by atoms with Crippen LogP contribution < -0.4 is 4.74 Å². The van der Waals surface area contributed by atoms with Crippen LogP contribution in [-0.2, 0) is 4.79 Å². The molecule has 1 spiro atoms. The molecule has 0 saturated carbocycles. The van der Waals surface area contributed by atoms with Crippen LogP contribution in [0.5, 0.6) is 5.75 Å². The highest BCUT2D eigenvalue weighted by molar-refractivity contribution is 5.85. The maximum atomic E-state index is 10.7. The van der Waals surface area contributed by atoms with E-state index in [1.807, 2.05) is 29.2 Å². The van der Waals surface area contributed by atoms with Crippen molar-refractivity contribution in [3.05, 3.63) is 35.9 Å². The highest BCUT2D eigenvalue weighted by atomic mass is 35.5. The number of likely N-dealkylation sites (tertiary alicyclic amines) is 1. The first-order valence-electron chi connectivity index (χ1n) is 6.58. The number of ether oxygens (including phenoxy) is 1. The first-order chi connectivity index (χ1) is 9.17. The van der Waals surface area contributed by atoms with Crippen LogP contribution in [0, 0.1) is 0 Å². The van der Waals surface area contributed by atoms with E-state index >= 15 is 0 Å². The number of carbonyl (C=O) groups is 1. The summed E-state index contributed by atoms with van der Waals surface area (Å²) >= 11 is 0. The van der Waals surface area contributed by atoms with Gasteiger partial charge in [-0.2, -0.15) is 0 Å². The van der Waals surface area contributed by atoms with E-state index in [2.05, 4.69) is 12.2 Å². The van der Waals surface area contributed by atoms with E-state index in [0.29, 0.717) is 0 Å². The molecule has 0 radical (unpaired) electrons. The van der Waals surface area contributed by atoms with Crippen LogP contribution in [0.3, 0.4) is 0 Å². The molecule has 0 unspecified atom stereocenters. The number of halogens is 1. The normalized spacial score (nSPS) is 19.8. The van der Waals surface area contributed by atoms with Gasteiger partial charge in [-0.3, -0.25) is 9.69 Å². The van der Waals surface area contributed by atoms with Gasteiger partial charge in [0.15, 0.2) is 0 Å². The van der Waals surface area contributed by atoms with Crippen molar-refractivity contribution < 1.29 is 14.6 Å². The molecule has 2 heterocycles. The summed E-state index contributed by atoms with van der Waals surface area (Å²) in [5.41, 5.74) is 0.865. The minimum atomic E-state index is -0.763. The predicted molar refractivity (Wildman–Crippen MR) is 79.4 cm³/mol. The molecule has 1 aromatic carbocycles. The zero-order valence-electron chi connectivity index (χ0n) is 11.1. The molecule has 0 amide bonds. The lowest BCUT2D eigenvalue weighted by molar-refractivity contribution is -0.139. The van der Waals surface area contributed by atoms with Crippen molar-refractivity contribution >= 4 is 24.5 Å². The molecule has 2 aliphatic rings. The minimum absolute atomic E-state index is 0. The molecule has 0 aliphatic carbocycles. The zero-order chi connectivity index (χ0) is 13.3. The van der Waals surface area contributed by atoms with Crippen molar-refractivity contribution in [3.8, 4) is 5.75 Å². The molecule has 2 aliphatic heterocycles. The van der Waals surface area contributed by atoms with Crippen molar-refractivity contribution in [2.45, 2.75) is 18.4 Å². The summed E-state index contributed by atoms with van der Waals surface area (Å²) < 4.78 is 6.15. The zero-order valence-corrected chi connectivity index (χ0v) is 11.9. The summed E-state index contributed by atoms with van der Waals surface area (Å²) in [6, 6.07) is 8.01. The van der Waals surface area contributed by atoms with Gasteiger partial charge in [0.05, 0.1) is 6.54 Å². The molecule has 0 bridgehead atoms. The van der Waals surface area contributed by atoms with E-state index in [-0.39, 0.29) is 24.6 Å². The molecule has 3 rings (SSSR count). The minimum Gasteiger partial charge on any atom is -0.482 e. The second-order valence-electron chi connectivity index (χ2n) is 5.21.